The fourth-order valence-electron chi connectivity index (χ4n) is 3.57. The maximum Gasteiger partial charge on any atom is 0.229 e. The first-order valence-corrected chi connectivity index (χ1v) is 11.5. The zero-order chi connectivity index (χ0) is 27.8. The van der Waals surface area contributed by atoms with Gasteiger partial charge in [0.15, 0.2) is 28.8 Å². The van der Waals surface area contributed by atoms with Crippen LogP contribution in [0.2, 0.25) is 0 Å². The fraction of sp³-hybridized carbons (Fsp3) is 0.296. The Balaban J connectivity index is 1.66. The molecule has 0 spiro atoms. The highest BCUT2D eigenvalue weighted by Gasteiger charge is 2.44. The molecule has 0 saturated carbocycles. The summed E-state index contributed by atoms with van der Waals surface area (Å²) >= 11 is 0. The number of hydrogen-bond acceptors (Lipinski definition) is 11. The van der Waals surface area contributed by atoms with E-state index in [1.54, 1.807) is 24.3 Å². The Kier molecular flexibility index (Phi) is 9.88. The molecule has 0 unspecified atom stereocenters. The van der Waals surface area contributed by atoms with Gasteiger partial charge in [0.25, 0.3) is 0 Å². The molecule has 1 heterocycles. The van der Waals surface area contributed by atoms with Gasteiger partial charge in [-0.25, -0.2) is 0 Å². The highest BCUT2D eigenvalue weighted by atomic mass is 16.7. The van der Waals surface area contributed by atoms with E-state index in [2.05, 4.69) is 0 Å². The van der Waals surface area contributed by atoms with Crippen molar-refractivity contribution in [1.82, 2.24) is 0 Å². The summed E-state index contributed by atoms with van der Waals surface area (Å²) in [6, 6.07) is 9.26. The standard InChI is InChI=1S/C27H30O11/c1-35-21-11-15(5-9-19(21)31)3-7-17(29)13-18(30)8-4-16-6-10-20(22(12-16)36-2)37-27-26(34)25(33)24(32)23(14-28)38-27/h3-13,23-28,30-34H,14H2,1-2H3/b7-3+,8-4+,18-13+/t23-,24-,25+,26-,27-/m1/s1. The summed E-state index contributed by atoms with van der Waals surface area (Å²) in [5, 5.41) is 59.1. The summed E-state index contributed by atoms with van der Waals surface area (Å²) in [5.74, 6) is -0.149. The van der Waals surface area contributed by atoms with E-state index in [1.165, 1.54) is 50.7 Å². The summed E-state index contributed by atoms with van der Waals surface area (Å²) in [5.41, 5.74) is 1.19. The van der Waals surface area contributed by atoms with Crippen molar-refractivity contribution in [3.63, 3.8) is 0 Å². The summed E-state index contributed by atoms with van der Waals surface area (Å²) in [4.78, 5) is 12.2. The number of phenols is 1. The van der Waals surface area contributed by atoms with Crippen LogP contribution in [0.4, 0.5) is 0 Å². The third kappa shape index (κ3) is 7.12. The number of aliphatic hydroxyl groups excluding tert-OH is 5. The number of ketones is 1. The van der Waals surface area contributed by atoms with Gasteiger partial charge in [-0.15, -0.1) is 0 Å². The Labute approximate surface area is 218 Å². The molecule has 0 aliphatic carbocycles. The molecule has 1 aliphatic heterocycles. The number of aromatic hydroxyl groups is 1. The van der Waals surface area contributed by atoms with Crippen LogP contribution in [-0.2, 0) is 9.53 Å². The third-order valence-corrected chi connectivity index (χ3v) is 5.66. The predicted octanol–water partition coefficient (Wildman–Crippen LogP) is 1.33. The average molecular weight is 531 g/mol. The van der Waals surface area contributed by atoms with Gasteiger partial charge in [-0.05, 0) is 47.5 Å². The number of rotatable bonds is 10. The maximum atomic E-state index is 12.2. The molecule has 6 N–H and O–H groups in total. The van der Waals surface area contributed by atoms with Crippen molar-refractivity contribution in [2.24, 2.45) is 0 Å². The molecular formula is C27H30O11. The average Bonchev–Trinajstić information content (AvgIpc) is 2.92. The van der Waals surface area contributed by atoms with E-state index in [0.717, 1.165) is 6.08 Å². The Morgan fingerprint density at radius 1 is 0.895 bits per heavy atom. The van der Waals surface area contributed by atoms with Crippen LogP contribution in [0.5, 0.6) is 23.0 Å². The molecule has 0 radical (unpaired) electrons. The van der Waals surface area contributed by atoms with Gasteiger partial charge in [0.1, 0.15) is 30.2 Å². The minimum Gasteiger partial charge on any atom is -0.508 e. The first-order chi connectivity index (χ1) is 18.2. The number of hydrogen-bond donors (Lipinski definition) is 6. The smallest absolute Gasteiger partial charge is 0.229 e. The zero-order valence-corrected chi connectivity index (χ0v) is 20.7. The molecule has 11 heteroatoms. The lowest BCUT2D eigenvalue weighted by molar-refractivity contribution is -0.277. The van der Waals surface area contributed by atoms with Gasteiger partial charge < -0.3 is 49.6 Å². The number of benzene rings is 2. The van der Waals surface area contributed by atoms with Gasteiger partial charge in [0.2, 0.25) is 6.29 Å². The number of allylic oxidation sites excluding steroid dienone is 3. The first-order valence-electron chi connectivity index (χ1n) is 11.5. The molecule has 38 heavy (non-hydrogen) atoms. The van der Waals surface area contributed by atoms with Gasteiger partial charge in [-0.1, -0.05) is 24.3 Å². The van der Waals surface area contributed by atoms with Crippen molar-refractivity contribution in [3.8, 4) is 23.0 Å². The summed E-state index contributed by atoms with van der Waals surface area (Å²) in [7, 11) is 2.80. The zero-order valence-electron chi connectivity index (χ0n) is 20.7. The van der Waals surface area contributed by atoms with E-state index in [0.29, 0.717) is 11.1 Å². The molecule has 1 fully saturated rings. The fourth-order valence-corrected chi connectivity index (χ4v) is 3.57. The van der Waals surface area contributed by atoms with Gasteiger partial charge in [0.05, 0.1) is 20.8 Å². The van der Waals surface area contributed by atoms with Crippen molar-refractivity contribution >= 4 is 17.9 Å². The molecule has 0 amide bonds. The lowest BCUT2D eigenvalue weighted by Crippen LogP contribution is -2.60. The highest BCUT2D eigenvalue weighted by molar-refractivity contribution is 6.02. The second-order valence-electron chi connectivity index (χ2n) is 8.29. The second kappa shape index (κ2) is 13.1. The molecule has 2 aromatic carbocycles. The normalized spacial score (nSPS) is 24.1. The molecular weight excluding hydrogens is 500 g/mol. The van der Waals surface area contributed by atoms with Gasteiger partial charge in [-0.3, -0.25) is 4.79 Å². The predicted molar refractivity (Wildman–Crippen MR) is 136 cm³/mol. The van der Waals surface area contributed by atoms with E-state index in [4.69, 9.17) is 18.9 Å². The van der Waals surface area contributed by atoms with Crippen molar-refractivity contribution in [2.45, 2.75) is 30.7 Å². The third-order valence-electron chi connectivity index (χ3n) is 5.66. The van der Waals surface area contributed by atoms with Crippen molar-refractivity contribution in [3.05, 3.63) is 71.5 Å². The largest absolute Gasteiger partial charge is 0.508 e. The maximum absolute atomic E-state index is 12.2. The number of phenolic OH excluding ortho intramolecular Hbond substituents is 1. The molecule has 1 saturated heterocycles. The summed E-state index contributed by atoms with van der Waals surface area (Å²) < 4.78 is 21.3. The molecule has 1 aliphatic rings. The van der Waals surface area contributed by atoms with Crippen LogP contribution in [0.25, 0.3) is 12.2 Å². The molecule has 2 aromatic rings. The Morgan fingerprint density at radius 3 is 2.18 bits per heavy atom. The number of aliphatic hydroxyl groups is 5. The number of carbonyl (C=O) groups is 1. The summed E-state index contributed by atoms with van der Waals surface area (Å²) in [6.45, 7) is -0.591. The quantitative estimate of drug-likeness (QED) is 0.148. The molecule has 0 bridgehead atoms. The van der Waals surface area contributed by atoms with Crippen LogP contribution < -0.4 is 14.2 Å². The van der Waals surface area contributed by atoms with E-state index in [-0.39, 0.29) is 28.8 Å². The van der Waals surface area contributed by atoms with Crippen molar-refractivity contribution in [2.75, 3.05) is 20.8 Å². The van der Waals surface area contributed by atoms with Crippen LogP contribution in [0, 0.1) is 0 Å². The van der Waals surface area contributed by atoms with Crippen molar-refractivity contribution < 1.29 is 54.4 Å². The molecule has 0 aromatic heterocycles. The van der Waals surface area contributed by atoms with E-state index < -0.39 is 43.1 Å². The van der Waals surface area contributed by atoms with Gasteiger partial charge >= 0.3 is 0 Å². The van der Waals surface area contributed by atoms with Crippen LogP contribution in [0.1, 0.15) is 11.1 Å². The Bertz CT molecular complexity index is 1200. The first kappa shape index (κ1) is 28.7. The monoisotopic (exact) mass is 530 g/mol. The Morgan fingerprint density at radius 2 is 1.53 bits per heavy atom. The minimum absolute atomic E-state index is 0.0243. The van der Waals surface area contributed by atoms with E-state index in [1.807, 2.05) is 0 Å². The van der Waals surface area contributed by atoms with Crippen LogP contribution in [0.15, 0.2) is 60.4 Å². The van der Waals surface area contributed by atoms with Crippen LogP contribution in [-0.4, -0.2) is 88.0 Å². The van der Waals surface area contributed by atoms with E-state index >= 15 is 0 Å². The number of ether oxygens (including phenoxy) is 4. The molecule has 5 atom stereocenters. The van der Waals surface area contributed by atoms with Gasteiger partial charge in [-0.2, -0.15) is 0 Å². The highest BCUT2D eigenvalue weighted by Crippen LogP contribution is 2.32. The van der Waals surface area contributed by atoms with Crippen LogP contribution >= 0.6 is 0 Å². The minimum atomic E-state index is -1.59. The molecule has 11 nitrogen and oxygen atoms in total. The summed E-state index contributed by atoms with van der Waals surface area (Å²) in [6.07, 6.45) is -0.562. The van der Waals surface area contributed by atoms with E-state index in [9.17, 15) is 35.4 Å². The number of carbonyl (C=O) groups excluding carboxylic acids is 1. The van der Waals surface area contributed by atoms with Crippen molar-refractivity contribution in [1.29, 1.82) is 0 Å². The second-order valence-corrected chi connectivity index (χ2v) is 8.29. The molecule has 204 valence electrons. The lowest BCUT2D eigenvalue weighted by Gasteiger charge is -2.39. The van der Waals surface area contributed by atoms with Gasteiger partial charge in [0, 0.05) is 6.08 Å². The number of methoxy groups -OCH3 is 2. The van der Waals surface area contributed by atoms with Crippen LogP contribution in [0.3, 0.4) is 0 Å². The topological polar surface area (TPSA) is 175 Å². The molecule has 3 rings (SSSR count). The Hall–Kier alpha value is -3.87. The lowest BCUT2D eigenvalue weighted by atomic mass is 9.99. The SMILES string of the molecule is COc1cc(/C=C/C(=O)/C=C(O)\C=C\c2ccc(O[C@@H]3O[C@H](CO)[C@@H](O)[C@H](O)[C@H]3O)c(OC)c2)ccc1O.